The zero-order chi connectivity index (χ0) is 8.27. The highest BCUT2D eigenvalue weighted by Gasteiger charge is 2.21. The van der Waals surface area contributed by atoms with Gasteiger partial charge in [0.25, 0.3) is 0 Å². The van der Waals surface area contributed by atoms with Crippen LogP contribution in [0.4, 0.5) is 0 Å². The quantitative estimate of drug-likeness (QED) is 0.628. The largest absolute Gasteiger partial charge is 0.259 e. The minimum absolute atomic E-state index is 0.359. The molecule has 1 saturated carbocycles. The van der Waals surface area contributed by atoms with Crippen LogP contribution in [0.2, 0.25) is 0 Å². The SMILES string of the molecule is CC(C)[S@@](=O)C1CCCCC1. The van der Waals surface area contributed by atoms with Gasteiger partial charge in [0.2, 0.25) is 0 Å². The summed E-state index contributed by atoms with van der Waals surface area (Å²) in [4.78, 5) is 0. The van der Waals surface area contributed by atoms with Crippen molar-refractivity contribution in [2.24, 2.45) is 0 Å². The molecule has 1 aliphatic rings. The van der Waals surface area contributed by atoms with Gasteiger partial charge >= 0.3 is 0 Å². The van der Waals surface area contributed by atoms with Crippen molar-refractivity contribution in [2.45, 2.75) is 56.5 Å². The second-order valence-corrected chi connectivity index (χ2v) is 5.90. The smallest absolute Gasteiger partial charge is 0.0350 e. The first-order chi connectivity index (χ1) is 5.22. The Hall–Kier alpha value is 0.150. The van der Waals surface area contributed by atoms with Crippen LogP contribution in [0.3, 0.4) is 0 Å². The first kappa shape index (κ1) is 9.24. The van der Waals surface area contributed by atoms with Gasteiger partial charge in [-0.05, 0) is 12.8 Å². The van der Waals surface area contributed by atoms with Crippen LogP contribution in [0.15, 0.2) is 0 Å². The number of rotatable bonds is 2. The Morgan fingerprint density at radius 2 is 1.73 bits per heavy atom. The van der Waals surface area contributed by atoms with E-state index in [0.29, 0.717) is 10.5 Å². The molecule has 0 heterocycles. The lowest BCUT2D eigenvalue weighted by Gasteiger charge is -2.22. The van der Waals surface area contributed by atoms with Crippen molar-refractivity contribution in [3.63, 3.8) is 0 Å². The normalized spacial score (nSPS) is 23.9. The lowest BCUT2D eigenvalue weighted by molar-refractivity contribution is 0.503. The maximum atomic E-state index is 11.6. The molecule has 0 saturated heterocycles. The molecule has 1 aliphatic carbocycles. The van der Waals surface area contributed by atoms with Gasteiger partial charge < -0.3 is 0 Å². The summed E-state index contributed by atoms with van der Waals surface area (Å²) < 4.78 is 11.6. The van der Waals surface area contributed by atoms with E-state index in [2.05, 4.69) is 13.8 Å². The fourth-order valence-corrected chi connectivity index (χ4v) is 3.25. The molecule has 0 spiro atoms. The van der Waals surface area contributed by atoms with Crippen LogP contribution in [-0.4, -0.2) is 14.7 Å². The Balaban J connectivity index is 2.39. The molecule has 1 rings (SSSR count). The fourth-order valence-electron chi connectivity index (χ4n) is 1.68. The van der Waals surface area contributed by atoms with Gasteiger partial charge in [0.1, 0.15) is 0 Å². The molecule has 66 valence electrons. The molecule has 0 aromatic heterocycles. The predicted octanol–water partition coefficient (Wildman–Crippen LogP) is 2.48. The summed E-state index contributed by atoms with van der Waals surface area (Å²) >= 11 is 0. The summed E-state index contributed by atoms with van der Waals surface area (Å²) in [5.74, 6) is 0. The first-order valence-electron chi connectivity index (χ1n) is 4.61. The molecule has 0 unspecified atom stereocenters. The van der Waals surface area contributed by atoms with E-state index >= 15 is 0 Å². The molecule has 0 amide bonds. The Morgan fingerprint density at radius 1 is 1.18 bits per heavy atom. The lowest BCUT2D eigenvalue weighted by Crippen LogP contribution is -2.24. The maximum absolute atomic E-state index is 11.6. The standard InChI is InChI=1S/C9H18OS/c1-8(2)11(10)9-6-4-3-5-7-9/h8-9H,3-7H2,1-2H3/t11-/m1/s1. The van der Waals surface area contributed by atoms with Gasteiger partial charge in [-0.15, -0.1) is 0 Å². The number of hydrogen-bond donors (Lipinski definition) is 0. The lowest BCUT2D eigenvalue weighted by atomic mass is 10.0. The van der Waals surface area contributed by atoms with E-state index in [1.807, 2.05) is 0 Å². The second-order valence-electron chi connectivity index (χ2n) is 3.64. The van der Waals surface area contributed by atoms with Gasteiger partial charge in [-0.3, -0.25) is 4.21 Å². The van der Waals surface area contributed by atoms with Crippen LogP contribution in [0.25, 0.3) is 0 Å². The van der Waals surface area contributed by atoms with E-state index in [9.17, 15) is 4.21 Å². The van der Waals surface area contributed by atoms with Crippen LogP contribution in [-0.2, 0) is 10.8 Å². The second kappa shape index (κ2) is 4.24. The van der Waals surface area contributed by atoms with Crippen LogP contribution >= 0.6 is 0 Å². The average Bonchev–Trinajstić information content (AvgIpc) is 2.05. The molecule has 2 heteroatoms. The van der Waals surface area contributed by atoms with E-state index in [4.69, 9.17) is 0 Å². The molecular formula is C9H18OS. The summed E-state index contributed by atoms with van der Waals surface area (Å²) in [5.41, 5.74) is 0. The van der Waals surface area contributed by atoms with Gasteiger partial charge in [0, 0.05) is 21.3 Å². The maximum Gasteiger partial charge on any atom is 0.0350 e. The van der Waals surface area contributed by atoms with Gasteiger partial charge in [0.05, 0.1) is 0 Å². The van der Waals surface area contributed by atoms with Crippen LogP contribution in [0.5, 0.6) is 0 Å². The van der Waals surface area contributed by atoms with Crippen molar-refractivity contribution >= 4 is 10.8 Å². The highest BCUT2D eigenvalue weighted by atomic mass is 32.2. The molecule has 0 aliphatic heterocycles. The predicted molar refractivity (Wildman–Crippen MR) is 50.2 cm³/mol. The van der Waals surface area contributed by atoms with Crippen molar-refractivity contribution < 1.29 is 4.21 Å². The van der Waals surface area contributed by atoms with Crippen LogP contribution < -0.4 is 0 Å². The molecule has 11 heavy (non-hydrogen) atoms. The molecule has 1 fully saturated rings. The highest BCUT2D eigenvalue weighted by Crippen LogP contribution is 2.23. The minimum Gasteiger partial charge on any atom is -0.259 e. The van der Waals surface area contributed by atoms with Crippen molar-refractivity contribution in [3.8, 4) is 0 Å². The van der Waals surface area contributed by atoms with Gasteiger partial charge in [-0.25, -0.2) is 0 Å². The number of hydrogen-bond acceptors (Lipinski definition) is 1. The third-order valence-electron chi connectivity index (χ3n) is 2.35. The third-order valence-corrected chi connectivity index (χ3v) is 4.40. The molecule has 0 bridgehead atoms. The van der Waals surface area contributed by atoms with Crippen LogP contribution in [0, 0.1) is 0 Å². The average molecular weight is 174 g/mol. The summed E-state index contributed by atoms with van der Waals surface area (Å²) in [6, 6.07) is 0. The zero-order valence-corrected chi connectivity index (χ0v) is 8.32. The molecule has 0 aromatic carbocycles. The van der Waals surface area contributed by atoms with E-state index in [1.54, 1.807) is 0 Å². The molecule has 0 aromatic rings. The highest BCUT2D eigenvalue weighted by molar-refractivity contribution is 7.86. The third kappa shape index (κ3) is 2.58. The Morgan fingerprint density at radius 3 is 2.18 bits per heavy atom. The van der Waals surface area contributed by atoms with Gasteiger partial charge in [-0.2, -0.15) is 0 Å². The summed E-state index contributed by atoms with van der Waals surface area (Å²) in [5, 5.41) is 0.877. The van der Waals surface area contributed by atoms with Crippen molar-refractivity contribution in [1.29, 1.82) is 0 Å². The summed E-state index contributed by atoms with van der Waals surface area (Å²) in [7, 11) is -0.558. The van der Waals surface area contributed by atoms with E-state index in [-0.39, 0.29) is 0 Å². The Labute approximate surface area is 72.0 Å². The van der Waals surface area contributed by atoms with E-state index in [0.717, 1.165) is 0 Å². The topological polar surface area (TPSA) is 17.1 Å². The fraction of sp³-hybridized carbons (Fsp3) is 1.00. The monoisotopic (exact) mass is 174 g/mol. The zero-order valence-electron chi connectivity index (χ0n) is 7.51. The van der Waals surface area contributed by atoms with Gasteiger partial charge in [-0.1, -0.05) is 33.1 Å². The van der Waals surface area contributed by atoms with Gasteiger partial charge in [0.15, 0.2) is 0 Å². The first-order valence-corrected chi connectivity index (χ1v) is 5.89. The van der Waals surface area contributed by atoms with E-state index < -0.39 is 10.8 Å². The summed E-state index contributed by atoms with van der Waals surface area (Å²) in [6.45, 7) is 4.12. The minimum atomic E-state index is -0.558. The molecule has 1 atom stereocenters. The van der Waals surface area contributed by atoms with Crippen LogP contribution in [0.1, 0.15) is 46.0 Å². The van der Waals surface area contributed by atoms with E-state index in [1.165, 1.54) is 32.1 Å². The Kier molecular flexibility index (Phi) is 3.57. The molecule has 0 N–H and O–H groups in total. The van der Waals surface area contributed by atoms with Crippen molar-refractivity contribution in [1.82, 2.24) is 0 Å². The van der Waals surface area contributed by atoms with Crippen molar-refractivity contribution in [3.05, 3.63) is 0 Å². The molecular weight excluding hydrogens is 156 g/mol. The summed E-state index contributed by atoms with van der Waals surface area (Å²) in [6.07, 6.45) is 6.34. The van der Waals surface area contributed by atoms with Crippen molar-refractivity contribution in [2.75, 3.05) is 0 Å². The molecule has 1 nitrogen and oxygen atoms in total. The molecule has 0 radical (unpaired) electrons. The Bertz CT molecular complexity index is 136.